The number of benzene rings is 2. The second-order valence-corrected chi connectivity index (χ2v) is 13.5. The zero-order valence-electron chi connectivity index (χ0n) is 18.3. The van der Waals surface area contributed by atoms with E-state index in [2.05, 4.69) is 35.6 Å². The van der Waals surface area contributed by atoms with Crippen molar-refractivity contribution in [3.05, 3.63) is 60.2 Å². The Bertz CT molecular complexity index is 990. The third kappa shape index (κ3) is 3.52. The van der Waals surface area contributed by atoms with Gasteiger partial charge in [0, 0.05) is 0 Å². The van der Waals surface area contributed by atoms with Crippen LogP contribution in [0.15, 0.2) is 54.6 Å². The number of ketones is 1. The molecule has 0 amide bonds. The Kier molecular flexibility index (Phi) is 6.15. The number of nitrogens with zero attached hydrogens (tertiary/aromatic N) is 4. The van der Waals surface area contributed by atoms with Crippen LogP contribution in [0.4, 0.5) is 0 Å². The van der Waals surface area contributed by atoms with Gasteiger partial charge in [0.15, 0.2) is 5.78 Å². The van der Waals surface area contributed by atoms with Crippen LogP contribution >= 0.6 is 0 Å². The van der Waals surface area contributed by atoms with Crippen molar-refractivity contribution in [1.29, 1.82) is 0 Å². The van der Waals surface area contributed by atoms with Gasteiger partial charge in [-0.3, -0.25) is 4.79 Å². The number of para-hydroxylation sites is 1. The summed E-state index contributed by atoms with van der Waals surface area (Å²) in [6.45, 7) is 8.01. The van der Waals surface area contributed by atoms with E-state index in [1.807, 2.05) is 59.3 Å². The van der Waals surface area contributed by atoms with Crippen LogP contribution in [-0.4, -0.2) is 46.2 Å². The van der Waals surface area contributed by atoms with Gasteiger partial charge in [-0.15, -0.1) is 5.10 Å². The van der Waals surface area contributed by atoms with Crippen LogP contribution < -0.4 is 0 Å². The summed E-state index contributed by atoms with van der Waals surface area (Å²) in [5, 5.41) is 8.80. The van der Waals surface area contributed by atoms with Crippen LogP contribution in [0.5, 0.6) is 0 Å². The van der Waals surface area contributed by atoms with E-state index < -0.39 is 14.3 Å². The number of aromatic nitrogens is 3. The molecule has 4 rings (SSSR count). The first-order chi connectivity index (χ1) is 14.6. The fraction of sp³-hybridized carbons (Fsp3) is 0.458. The molecule has 1 aliphatic heterocycles. The molecule has 2 atom stereocenters. The van der Waals surface area contributed by atoms with Crippen molar-refractivity contribution in [2.45, 2.75) is 63.8 Å². The highest BCUT2D eigenvalue weighted by atomic mass is 28.3. The molecule has 30 heavy (non-hydrogen) atoms. The first-order valence-corrected chi connectivity index (χ1v) is 13.9. The molecule has 1 fully saturated rings. The lowest BCUT2D eigenvalue weighted by Gasteiger charge is -2.42. The number of rotatable bonds is 8. The molecular weight excluding hydrogens is 388 g/mol. The fourth-order valence-corrected chi connectivity index (χ4v) is 9.58. The molecule has 0 aliphatic carbocycles. The van der Waals surface area contributed by atoms with E-state index in [-0.39, 0.29) is 11.8 Å². The van der Waals surface area contributed by atoms with Gasteiger partial charge in [0.05, 0.1) is 11.6 Å². The molecule has 0 N–H and O–H groups in total. The van der Waals surface area contributed by atoms with Crippen molar-refractivity contribution in [3.63, 3.8) is 0 Å². The Balaban J connectivity index is 1.79. The number of Topliss-reactive ketones (excluding diaryl/α,β-unsaturated/α-hetero) is 1. The molecule has 6 heteroatoms. The number of fused-ring (bicyclic) bond motifs is 1. The quantitative estimate of drug-likeness (QED) is 0.478. The summed E-state index contributed by atoms with van der Waals surface area (Å²) in [5.41, 5.74) is 2.73. The van der Waals surface area contributed by atoms with Gasteiger partial charge in [-0.1, -0.05) is 68.4 Å². The zero-order valence-corrected chi connectivity index (χ0v) is 19.3. The number of carbonyl (C=O) groups excluding carboxylic acids is 1. The second kappa shape index (κ2) is 8.82. The molecule has 158 valence electrons. The van der Waals surface area contributed by atoms with E-state index in [9.17, 15) is 4.79 Å². The zero-order chi connectivity index (χ0) is 21.1. The lowest BCUT2D eigenvalue weighted by molar-refractivity contribution is -0.124. The molecule has 1 saturated heterocycles. The summed E-state index contributed by atoms with van der Waals surface area (Å²) < 4.78 is 4.49. The SMILES string of the molecule is CC[Si](CC)(CC)N1CCC[C@H]1C(=O)C(c1ccccc1)n1nnc2ccccc21. The lowest BCUT2D eigenvalue weighted by Crippen LogP contribution is -2.57. The Hall–Kier alpha value is -2.31. The lowest BCUT2D eigenvalue weighted by atomic mass is 9.96. The fourth-order valence-electron chi connectivity index (χ4n) is 5.31. The Labute approximate surface area is 180 Å². The van der Waals surface area contributed by atoms with Crippen molar-refractivity contribution < 1.29 is 4.79 Å². The summed E-state index contributed by atoms with van der Waals surface area (Å²) in [6.07, 6.45) is 2.05. The molecule has 0 bridgehead atoms. The predicted octanol–water partition coefficient (Wildman–Crippen LogP) is 5.06. The monoisotopic (exact) mass is 420 g/mol. The molecule has 0 spiro atoms. The van der Waals surface area contributed by atoms with Crippen LogP contribution in [0.25, 0.3) is 11.0 Å². The molecule has 2 heterocycles. The second-order valence-electron chi connectivity index (χ2n) is 8.37. The summed E-state index contributed by atoms with van der Waals surface area (Å²) in [6, 6.07) is 21.1. The molecule has 5 nitrogen and oxygen atoms in total. The molecule has 2 aromatic carbocycles. The van der Waals surface area contributed by atoms with Gasteiger partial charge in [-0.2, -0.15) is 0 Å². The number of hydrogen-bond donors (Lipinski definition) is 0. The smallest absolute Gasteiger partial charge is 0.178 e. The van der Waals surface area contributed by atoms with Crippen molar-refractivity contribution in [2.75, 3.05) is 6.54 Å². The number of carbonyl (C=O) groups is 1. The highest BCUT2D eigenvalue weighted by molar-refractivity contribution is 6.77. The van der Waals surface area contributed by atoms with E-state index in [0.717, 1.165) is 36.0 Å². The molecule has 1 unspecified atom stereocenters. The Morgan fingerprint density at radius 2 is 1.70 bits per heavy atom. The normalized spacial score (nSPS) is 18.7. The minimum absolute atomic E-state index is 0.0234. The highest BCUT2D eigenvalue weighted by Gasteiger charge is 2.46. The highest BCUT2D eigenvalue weighted by Crippen LogP contribution is 2.36. The molecule has 0 radical (unpaired) electrons. The maximum absolute atomic E-state index is 14.2. The van der Waals surface area contributed by atoms with Crippen LogP contribution in [0, 0.1) is 0 Å². The molecule has 3 aromatic rings. The minimum Gasteiger partial charge on any atom is -0.314 e. The molecule has 0 saturated carbocycles. The Morgan fingerprint density at radius 3 is 2.40 bits per heavy atom. The van der Waals surface area contributed by atoms with E-state index in [1.54, 1.807) is 0 Å². The van der Waals surface area contributed by atoms with Crippen LogP contribution in [-0.2, 0) is 4.79 Å². The van der Waals surface area contributed by atoms with Crippen LogP contribution in [0.2, 0.25) is 18.1 Å². The van der Waals surface area contributed by atoms with Crippen molar-refractivity contribution in [1.82, 2.24) is 19.6 Å². The predicted molar refractivity (Wildman–Crippen MR) is 124 cm³/mol. The van der Waals surface area contributed by atoms with Gasteiger partial charge < -0.3 is 4.57 Å². The maximum atomic E-state index is 14.2. The summed E-state index contributed by atoms with van der Waals surface area (Å²) >= 11 is 0. The third-order valence-corrected chi connectivity index (χ3v) is 12.9. The molecular formula is C24H32N4OSi. The van der Waals surface area contributed by atoms with Gasteiger partial charge in [0.1, 0.15) is 19.8 Å². The van der Waals surface area contributed by atoms with E-state index in [0.29, 0.717) is 0 Å². The minimum atomic E-state index is -1.63. The first kappa shape index (κ1) is 20.9. The van der Waals surface area contributed by atoms with Crippen molar-refractivity contribution >= 4 is 25.1 Å². The van der Waals surface area contributed by atoms with E-state index in [1.165, 1.54) is 18.1 Å². The average Bonchev–Trinajstić information content (AvgIpc) is 3.45. The summed E-state index contributed by atoms with van der Waals surface area (Å²) in [4.78, 5) is 14.2. The summed E-state index contributed by atoms with van der Waals surface area (Å²) in [7, 11) is -1.63. The largest absolute Gasteiger partial charge is 0.314 e. The average molecular weight is 421 g/mol. The topological polar surface area (TPSA) is 51.0 Å². The van der Waals surface area contributed by atoms with Crippen molar-refractivity contribution in [2.24, 2.45) is 0 Å². The first-order valence-electron chi connectivity index (χ1n) is 11.3. The molecule has 1 aliphatic rings. The summed E-state index contributed by atoms with van der Waals surface area (Å²) in [5.74, 6) is 0.265. The van der Waals surface area contributed by atoms with Gasteiger partial charge in [0.2, 0.25) is 0 Å². The molecule has 1 aromatic heterocycles. The van der Waals surface area contributed by atoms with Gasteiger partial charge in [0.25, 0.3) is 0 Å². The number of hydrogen-bond acceptors (Lipinski definition) is 4. The van der Waals surface area contributed by atoms with Gasteiger partial charge in [-0.05, 0) is 55.2 Å². The maximum Gasteiger partial charge on any atom is 0.178 e. The van der Waals surface area contributed by atoms with Crippen LogP contribution in [0.1, 0.15) is 45.2 Å². The standard InChI is InChI=1S/C24H32N4OSi/c1-4-30(5-2,6-3)27-18-12-17-22(27)24(29)23(19-13-8-7-9-14-19)28-21-16-11-10-15-20(21)25-26-28/h7-11,13-16,22-23H,4-6,12,17-18H2,1-3H3/t22-,23?/m0/s1. The van der Waals surface area contributed by atoms with Crippen molar-refractivity contribution in [3.8, 4) is 0 Å². The van der Waals surface area contributed by atoms with Gasteiger partial charge >= 0.3 is 0 Å². The van der Waals surface area contributed by atoms with Gasteiger partial charge in [-0.25, -0.2) is 4.68 Å². The van der Waals surface area contributed by atoms with Crippen LogP contribution in [0.3, 0.4) is 0 Å². The Morgan fingerprint density at radius 1 is 1.03 bits per heavy atom. The third-order valence-electron chi connectivity index (χ3n) is 7.17. The van der Waals surface area contributed by atoms with E-state index in [4.69, 9.17) is 0 Å². The van der Waals surface area contributed by atoms with E-state index >= 15 is 0 Å².